The van der Waals surface area contributed by atoms with Gasteiger partial charge in [-0.2, -0.15) is 0 Å². The van der Waals surface area contributed by atoms with Gasteiger partial charge in [0.2, 0.25) is 0 Å². The van der Waals surface area contributed by atoms with Crippen molar-refractivity contribution in [1.29, 1.82) is 0 Å². The highest BCUT2D eigenvalue weighted by molar-refractivity contribution is 4.68. The normalized spacial score (nSPS) is 10.1. The summed E-state index contributed by atoms with van der Waals surface area (Å²) in [4.78, 5) is 0. The molecule has 0 saturated heterocycles. The van der Waals surface area contributed by atoms with Gasteiger partial charge in [-0.25, -0.2) is 0 Å². The monoisotopic (exact) mass is 213 g/mol. The maximum absolute atomic E-state index is 5.39. The van der Waals surface area contributed by atoms with Crippen LogP contribution < -0.4 is 5.73 Å². The molecule has 2 N–H and O–H groups in total. The summed E-state index contributed by atoms with van der Waals surface area (Å²) in [6.07, 6.45) is 15.0. The molecule has 0 aromatic rings. The molecule has 0 bridgehead atoms. The Bertz CT molecular complexity index is 95.9. The first kappa shape index (κ1) is 17.1. The highest BCUT2D eigenvalue weighted by atomic mass is 14.5. The highest BCUT2D eigenvalue weighted by Gasteiger charge is 1.89. The number of hydrogen-bond acceptors (Lipinski definition) is 1. The number of unbranched alkanes of at least 4 members (excludes halogenated alkanes) is 7. The van der Waals surface area contributed by atoms with Crippen LogP contribution in [0.1, 0.15) is 72.1 Å². The van der Waals surface area contributed by atoms with Gasteiger partial charge in [0, 0.05) is 0 Å². The zero-order valence-electron chi connectivity index (χ0n) is 11.1. The molecule has 0 spiro atoms. The maximum atomic E-state index is 5.39. The highest BCUT2D eigenvalue weighted by Crippen LogP contribution is 2.07. The van der Waals surface area contributed by atoms with Gasteiger partial charge in [0.25, 0.3) is 0 Å². The lowest BCUT2D eigenvalue weighted by molar-refractivity contribution is 0.578. The molecule has 1 heteroatoms. The zero-order chi connectivity index (χ0) is 11.8. The molecule has 0 aromatic heterocycles. The summed E-state index contributed by atoms with van der Waals surface area (Å²) in [5, 5.41) is 0. The van der Waals surface area contributed by atoms with Gasteiger partial charge in [0.1, 0.15) is 0 Å². The van der Waals surface area contributed by atoms with Crippen LogP contribution in [-0.2, 0) is 0 Å². The van der Waals surface area contributed by atoms with Crippen LogP contribution in [0, 0.1) is 0 Å². The molecule has 15 heavy (non-hydrogen) atoms. The molecule has 0 saturated carbocycles. The van der Waals surface area contributed by atoms with Gasteiger partial charge in [-0.05, 0) is 26.8 Å². The molecule has 0 aliphatic rings. The number of allylic oxidation sites excluding steroid dienone is 2. The third kappa shape index (κ3) is 24.8. The van der Waals surface area contributed by atoms with Crippen LogP contribution in [-0.4, -0.2) is 6.54 Å². The van der Waals surface area contributed by atoms with Gasteiger partial charge >= 0.3 is 0 Å². The zero-order valence-corrected chi connectivity index (χ0v) is 11.1. The predicted octanol–water partition coefficient (Wildman–Crippen LogP) is 4.67. The quantitative estimate of drug-likeness (QED) is 0.460. The fourth-order valence-electron chi connectivity index (χ4n) is 1.28. The first-order valence-electron chi connectivity index (χ1n) is 6.60. The standard InChI is InChI=1S/C10H23N.C4H8/c1-2-3-4-5-6-7-8-9-10-11;1-3-4-2/h2-11H2,1H3;3-4H,1-2H3. The summed E-state index contributed by atoms with van der Waals surface area (Å²) in [6.45, 7) is 7.13. The summed E-state index contributed by atoms with van der Waals surface area (Å²) in [5.41, 5.74) is 5.39. The first-order valence-corrected chi connectivity index (χ1v) is 6.60. The van der Waals surface area contributed by atoms with Crippen molar-refractivity contribution in [2.45, 2.75) is 72.1 Å². The maximum Gasteiger partial charge on any atom is -0.00773 e. The topological polar surface area (TPSA) is 26.0 Å². The minimum Gasteiger partial charge on any atom is -0.330 e. The van der Waals surface area contributed by atoms with E-state index < -0.39 is 0 Å². The van der Waals surface area contributed by atoms with E-state index in [0.29, 0.717) is 0 Å². The molecule has 0 aliphatic heterocycles. The molecule has 0 heterocycles. The number of hydrogen-bond donors (Lipinski definition) is 1. The molecular weight excluding hydrogens is 182 g/mol. The Kier molecular flexibility index (Phi) is 22.0. The molecule has 0 aliphatic carbocycles. The van der Waals surface area contributed by atoms with Crippen LogP contribution in [0.25, 0.3) is 0 Å². The summed E-state index contributed by atoms with van der Waals surface area (Å²) in [5.74, 6) is 0. The second-order valence-corrected chi connectivity index (χ2v) is 3.93. The summed E-state index contributed by atoms with van der Waals surface area (Å²) in [7, 11) is 0. The van der Waals surface area contributed by atoms with E-state index in [2.05, 4.69) is 6.92 Å². The van der Waals surface area contributed by atoms with E-state index in [1.165, 1.54) is 51.4 Å². The lowest BCUT2D eigenvalue weighted by Gasteiger charge is -1.99. The minimum absolute atomic E-state index is 0.870. The van der Waals surface area contributed by atoms with Crippen molar-refractivity contribution in [1.82, 2.24) is 0 Å². The Labute approximate surface area is 97.1 Å². The van der Waals surface area contributed by atoms with Gasteiger partial charge in [-0.15, -0.1) is 0 Å². The summed E-state index contributed by atoms with van der Waals surface area (Å²) >= 11 is 0. The van der Waals surface area contributed by atoms with Crippen molar-refractivity contribution in [3.63, 3.8) is 0 Å². The number of nitrogens with two attached hydrogens (primary N) is 1. The van der Waals surface area contributed by atoms with Gasteiger partial charge < -0.3 is 5.73 Å². The van der Waals surface area contributed by atoms with E-state index in [1.807, 2.05) is 26.0 Å². The third-order valence-corrected chi connectivity index (χ3v) is 2.39. The van der Waals surface area contributed by atoms with Crippen LogP contribution in [0.3, 0.4) is 0 Å². The molecule has 0 rings (SSSR count). The second-order valence-electron chi connectivity index (χ2n) is 3.93. The SMILES string of the molecule is CC=CC.CCCCCCCCCCN. The van der Waals surface area contributed by atoms with Gasteiger partial charge in [-0.3, -0.25) is 0 Å². The summed E-state index contributed by atoms with van der Waals surface area (Å²) < 4.78 is 0. The van der Waals surface area contributed by atoms with Crippen molar-refractivity contribution in [3.8, 4) is 0 Å². The van der Waals surface area contributed by atoms with Crippen molar-refractivity contribution >= 4 is 0 Å². The van der Waals surface area contributed by atoms with Crippen LogP contribution in [0.5, 0.6) is 0 Å². The average Bonchev–Trinajstić information content (AvgIpc) is 2.28. The van der Waals surface area contributed by atoms with Crippen molar-refractivity contribution < 1.29 is 0 Å². The van der Waals surface area contributed by atoms with Crippen LogP contribution in [0.2, 0.25) is 0 Å². The van der Waals surface area contributed by atoms with Crippen LogP contribution in [0.4, 0.5) is 0 Å². The van der Waals surface area contributed by atoms with E-state index in [1.54, 1.807) is 0 Å². The Hall–Kier alpha value is -0.300. The van der Waals surface area contributed by atoms with Gasteiger partial charge in [-0.1, -0.05) is 64.0 Å². The fraction of sp³-hybridized carbons (Fsp3) is 0.857. The van der Waals surface area contributed by atoms with Crippen LogP contribution >= 0.6 is 0 Å². The molecule has 0 fully saturated rings. The molecular formula is C14H31N. The average molecular weight is 213 g/mol. The van der Waals surface area contributed by atoms with Gasteiger partial charge in [0.15, 0.2) is 0 Å². The first-order chi connectivity index (χ1) is 7.33. The molecule has 1 nitrogen and oxygen atoms in total. The smallest absolute Gasteiger partial charge is 0.00773 e. The third-order valence-electron chi connectivity index (χ3n) is 2.39. The van der Waals surface area contributed by atoms with Crippen molar-refractivity contribution in [2.75, 3.05) is 6.54 Å². The molecule has 0 aromatic carbocycles. The summed E-state index contributed by atoms with van der Waals surface area (Å²) in [6, 6.07) is 0. The van der Waals surface area contributed by atoms with Crippen molar-refractivity contribution in [3.05, 3.63) is 12.2 Å². The van der Waals surface area contributed by atoms with E-state index in [0.717, 1.165) is 6.54 Å². The van der Waals surface area contributed by atoms with E-state index in [-0.39, 0.29) is 0 Å². The molecule has 0 atom stereocenters. The second kappa shape index (κ2) is 19.3. The van der Waals surface area contributed by atoms with E-state index in [4.69, 9.17) is 5.73 Å². The lowest BCUT2D eigenvalue weighted by Crippen LogP contribution is -1.97. The van der Waals surface area contributed by atoms with Gasteiger partial charge in [0.05, 0.1) is 0 Å². The Morgan fingerprint density at radius 2 is 1.13 bits per heavy atom. The lowest BCUT2D eigenvalue weighted by atomic mass is 10.1. The fourth-order valence-corrected chi connectivity index (χ4v) is 1.28. The Morgan fingerprint density at radius 1 is 0.733 bits per heavy atom. The molecule has 0 unspecified atom stereocenters. The minimum atomic E-state index is 0.870. The Balaban J connectivity index is 0. The number of rotatable bonds is 8. The van der Waals surface area contributed by atoms with E-state index >= 15 is 0 Å². The predicted molar refractivity (Wildman–Crippen MR) is 72.2 cm³/mol. The Morgan fingerprint density at radius 3 is 1.47 bits per heavy atom. The molecule has 0 amide bonds. The van der Waals surface area contributed by atoms with Crippen LogP contribution in [0.15, 0.2) is 12.2 Å². The largest absolute Gasteiger partial charge is 0.330 e. The van der Waals surface area contributed by atoms with E-state index in [9.17, 15) is 0 Å². The molecule has 0 radical (unpaired) electrons. The molecule has 92 valence electrons. The van der Waals surface area contributed by atoms with Crippen molar-refractivity contribution in [2.24, 2.45) is 5.73 Å².